The molecule has 2 aromatic rings. The number of hydrogen-bond donors (Lipinski definition) is 3. The summed E-state index contributed by atoms with van der Waals surface area (Å²) in [7, 11) is 2.01. The topological polar surface area (TPSA) is 108 Å². The first kappa shape index (κ1) is 26.6. The van der Waals surface area contributed by atoms with Crippen molar-refractivity contribution in [1.82, 2.24) is 4.90 Å². The van der Waals surface area contributed by atoms with E-state index in [0.717, 1.165) is 23.2 Å². The minimum absolute atomic E-state index is 0.0126. The summed E-state index contributed by atoms with van der Waals surface area (Å²) in [5, 5.41) is 20.9. The zero-order valence-corrected chi connectivity index (χ0v) is 20.1. The number of benzene rings is 2. The average Bonchev–Trinajstić information content (AvgIpc) is 2.84. The molecule has 1 amide bonds. The number of likely N-dealkylation sites (N-methyl/N-ethyl adjacent to an activating group) is 1. The smallest absolute Gasteiger partial charge is 0.303 e. The van der Waals surface area contributed by atoms with Gasteiger partial charge in [0.05, 0.1) is 18.8 Å². The molecule has 1 heterocycles. The highest BCUT2D eigenvalue weighted by atomic mass is 16.7. The first-order chi connectivity index (χ1) is 16.9. The van der Waals surface area contributed by atoms with Crippen molar-refractivity contribution in [3.8, 4) is 0 Å². The van der Waals surface area contributed by atoms with Gasteiger partial charge < -0.3 is 29.9 Å². The van der Waals surface area contributed by atoms with E-state index in [1.807, 2.05) is 55.6 Å². The first-order valence-electron chi connectivity index (χ1n) is 11.8. The Kier molecular flexibility index (Phi) is 9.98. The molecule has 0 radical (unpaired) electrons. The molecule has 8 nitrogen and oxygen atoms in total. The zero-order valence-electron chi connectivity index (χ0n) is 20.1. The molecule has 0 aromatic heterocycles. The summed E-state index contributed by atoms with van der Waals surface area (Å²) in [6, 6.07) is 15.0. The molecule has 188 valence electrons. The number of hydrogen-bond acceptors (Lipinski definition) is 6. The Hall–Kier alpha value is -3.04. The number of nitrogens with one attached hydrogen (secondary N) is 1. The molecule has 0 saturated carbocycles. The summed E-state index contributed by atoms with van der Waals surface area (Å²) in [5.41, 5.74) is 3.23. The molecule has 0 bridgehead atoms. The van der Waals surface area contributed by atoms with Crippen LogP contribution in [-0.4, -0.2) is 53.2 Å². The van der Waals surface area contributed by atoms with Gasteiger partial charge in [-0.15, -0.1) is 6.58 Å². The van der Waals surface area contributed by atoms with Crippen molar-refractivity contribution in [2.24, 2.45) is 0 Å². The number of carboxylic acids is 1. The molecule has 3 N–H and O–H groups in total. The van der Waals surface area contributed by atoms with Gasteiger partial charge in [0, 0.05) is 43.6 Å². The normalized spacial score (nSPS) is 19.9. The lowest BCUT2D eigenvalue weighted by atomic mass is 9.99. The second-order valence-electron chi connectivity index (χ2n) is 8.78. The Balaban J connectivity index is 1.75. The molecule has 0 unspecified atom stereocenters. The van der Waals surface area contributed by atoms with Crippen LogP contribution in [0, 0.1) is 0 Å². The molecular weight excluding hydrogens is 448 g/mol. The molecule has 0 spiro atoms. The van der Waals surface area contributed by atoms with Crippen molar-refractivity contribution in [3.05, 3.63) is 77.9 Å². The minimum atomic E-state index is -0.916. The number of aliphatic hydroxyl groups excluding tert-OH is 1. The van der Waals surface area contributed by atoms with Gasteiger partial charge in [-0.3, -0.25) is 9.59 Å². The van der Waals surface area contributed by atoms with Gasteiger partial charge in [0.1, 0.15) is 0 Å². The molecule has 3 atom stereocenters. The number of anilines is 1. The number of rotatable bonds is 12. The van der Waals surface area contributed by atoms with Crippen molar-refractivity contribution < 1.29 is 29.3 Å². The maximum absolute atomic E-state index is 12.2. The minimum Gasteiger partial charge on any atom is -0.481 e. The standard InChI is InChI=1S/C27H34N2O6/c1-3-14-29(2)17-23-16-24(20-12-10-19(18-30)11-13-20)35-27(34-23)21-6-4-7-22(15-21)28-25(31)8-5-9-26(32)33/h3-4,6-7,10-13,15,23-24,27,30H,1,5,8-9,14,16-18H2,2H3,(H,28,31)(H,32,33)/t23-,24+,27+/m1/s1. The Morgan fingerprint density at radius 2 is 1.91 bits per heavy atom. The molecule has 1 aliphatic rings. The SMILES string of the molecule is C=CCN(C)C[C@H]1C[C@@H](c2ccc(CO)cc2)O[C@@H](c2cccc(NC(=O)CCCC(=O)O)c2)O1. The van der Waals surface area contributed by atoms with E-state index in [2.05, 4.69) is 16.8 Å². The predicted octanol–water partition coefficient (Wildman–Crippen LogP) is 4.04. The summed E-state index contributed by atoms with van der Waals surface area (Å²) in [6.45, 7) is 5.24. The van der Waals surface area contributed by atoms with Crippen LogP contribution >= 0.6 is 0 Å². The lowest BCUT2D eigenvalue weighted by Crippen LogP contribution is -2.37. The van der Waals surface area contributed by atoms with Crippen LogP contribution in [0.4, 0.5) is 5.69 Å². The molecule has 3 rings (SSSR count). The maximum atomic E-state index is 12.2. The van der Waals surface area contributed by atoms with Gasteiger partial charge in [0.15, 0.2) is 6.29 Å². The molecule has 1 saturated heterocycles. The van der Waals surface area contributed by atoms with Gasteiger partial charge in [-0.05, 0) is 36.7 Å². The Labute approximate surface area is 206 Å². The molecule has 1 fully saturated rings. The summed E-state index contributed by atoms with van der Waals surface area (Å²) in [6.07, 6.45) is 1.99. The van der Waals surface area contributed by atoms with Crippen molar-refractivity contribution in [1.29, 1.82) is 0 Å². The van der Waals surface area contributed by atoms with Gasteiger partial charge in [0.2, 0.25) is 5.91 Å². The molecule has 1 aliphatic heterocycles. The predicted molar refractivity (Wildman–Crippen MR) is 133 cm³/mol. The lowest BCUT2D eigenvalue weighted by Gasteiger charge is -2.37. The molecular formula is C27H34N2O6. The van der Waals surface area contributed by atoms with E-state index in [0.29, 0.717) is 18.7 Å². The van der Waals surface area contributed by atoms with Gasteiger partial charge in [-0.25, -0.2) is 0 Å². The largest absolute Gasteiger partial charge is 0.481 e. The third kappa shape index (κ3) is 8.29. The van der Waals surface area contributed by atoms with E-state index in [1.54, 1.807) is 6.07 Å². The van der Waals surface area contributed by atoms with Crippen molar-refractivity contribution >= 4 is 17.6 Å². The van der Waals surface area contributed by atoms with Crippen molar-refractivity contribution in [2.45, 2.75) is 50.8 Å². The number of carbonyl (C=O) groups excluding carboxylic acids is 1. The third-order valence-electron chi connectivity index (χ3n) is 5.81. The number of amides is 1. The molecule has 35 heavy (non-hydrogen) atoms. The zero-order chi connectivity index (χ0) is 25.2. The molecule has 0 aliphatic carbocycles. The van der Waals surface area contributed by atoms with Gasteiger partial charge >= 0.3 is 5.97 Å². The van der Waals surface area contributed by atoms with Gasteiger partial charge in [-0.1, -0.05) is 42.5 Å². The quantitative estimate of drug-likeness (QED) is 0.392. The van der Waals surface area contributed by atoms with Crippen LogP contribution in [0.1, 0.15) is 54.8 Å². The number of nitrogens with zero attached hydrogens (tertiary/aromatic N) is 1. The van der Waals surface area contributed by atoms with E-state index in [4.69, 9.17) is 14.6 Å². The average molecular weight is 483 g/mol. The van der Waals surface area contributed by atoms with Crippen LogP contribution in [-0.2, 0) is 25.7 Å². The van der Waals surface area contributed by atoms with Crippen LogP contribution in [0.3, 0.4) is 0 Å². The van der Waals surface area contributed by atoms with Crippen molar-refractivity contribution in [2.75, 3.05) is 25.5 Å². The van der Waals surface area contributed by atoms with Crippen LogP contribution in [0.2, 0.25) is 0 Å². The lowest BCUT2D eigenvalue weighted by molar-refractivity contribution is -0.252. The van der Waals surface area contributed by atoms with E-state index >= 15 is 0 Å². The van der Waals surface area contributed by atoms with Crippen LogP contribution in [0.15, 0.2) is 61.2 Å². The monoisotopic (exact) mass is 482 g/mol. The number of ether oxygens (including phenoxy) is 2. The van der Waals surface area contributed by atoms with Crippen LogP contribution < -0.4 is 5.32 Å². The number of aliphatic hydroxyl groups is 1. The first-order valence-corrected chi connectivity index (χ1v) is 11.8. The fourth-order valence-corrected chi connectivity index (χ4v) is 4.06. The van der Waals surface area contributed by atoms with E-state index < -0.39 is 12.3 Å². The summed E-state index contributed by atoms with van der Waals surface area (Å²) >= 11 is 0. The number of aliphatic carboxylic acids is 1. The van der Waals surface area contributed by atoms with Gasteiger partial charge in [0.25, 0.3) is 0 Å². The fourth-order valence-electron chi connectivity index (χ4n) is 4.06. The highest BCUT2D eigenvalue weighted by molar-refractivity contribution is 5.90. The summed E-state index contributed by atoms with van der Waals surface area (Å²) in [5.74, 6) is -1.15. The van der Waals surface area contributed by atoms with Gasteiger partial charge in [-0.2, -0.15) is 0 Å². The van der Waals surface area contributed by atoms with Crippen LogP contribution in [0.25, 0.3) is 0 Å². The maximum Gasteiger partial charge on any atom is 0.303 e. The number of carboxylic acid groups (broad SMARTS) is 1. The summed E-state index contributed by atoms with van der Waals surface area (Å²) in [4.78, 5) is 25.0. The summed E-state index contributed by atoms with van der Waals surface area (Å²) < 4.78 is 12.7. The Morgan fingerprint density at radius 3 is 2.60 bits per heavy atom. The second-order valence-corrected chi connectivity index (χ2v) is 8.78. The Bertz CT molecular complexity index is 993. The highest BCUT2D eigenvalue weighted by Crippen LogP contribution is 2.38. The number of carbonyl (C=O) groups is 2. The van der Waals surface area contributed by atoms with Crippen LogP contribution in [0.5, 0.6) is 0 Å². The third-order valence-corrected chi connectivity index (χ3v) is 5.81. The van der Waals surface area contributed by atoms with E-state index in [9.17, 15) is 14.7 Å². The van der Waals surface area contributed by atoms with E-state index in [1.165, 1.54) is 0 Å². The second kappa shape index (κ2) is 13.2. The fraction of sp³-hybridized carbons (Fsp3) is 0.407. The van der Waals surface area contributed by atoms with Crippen molar-refractivity contribution in [3.63, 3.8) is 0 Å². The van der Waals surface area contributed by atoms with E-state index in [-0.39, 0.29) is 44.0 Å². The Morgan fingerprint density at radius 1 is 1.14 bits per heavy atom. The molecule has 2 aromatic carbocycles. The highest BCUT2D eigenvalue weighted by Gasteiger charge is 2.32. The molecule has 8 heteroatoms.